The van der Waals surface area contributed by atoms with Gasteiger partial charge < -0.3 is 19.1 Å². The molecule has 1 N–H and O–H groups in total. The van der Waals surface area contributed by atoms with Crippen molar-refractivity contribution in [3.8, 4) is 0 Å². The van der Waals surface area contributed by atoms with Crippen LogP contribution >= 0.6 is 0 Å². The van der Waals surface area contributed by atoms with Crippen LogP contribution in [0.25, 0.3) is 0 Å². The molecular formula is C10H20NO5+. The maximum Gasteiger partial charge on any atom is 0.508 e. The summed E-state index contributed by atoms with van der Waals surface area (Å²) in [4.78, 5) is 21.7. The van der Waals surface area contributed by atoms with Gasteiger partial charge in [0.2, 0.25) is 0 Å². The summed E-state index contributed by atoms with van der Waals surface area (Å²) >= 11 is 0. The number of carbonyl (C=O) groups excluding carboxylic acids is 1. The molecule has 0 fully saturated rings. The summed E-state index contributed by atoms with van der Waals surface area (Å²) in [6.45, 7) is 2.29. The molecule has 0 aromatic heterocycles. The van der Waals surface area contributed by atoms with Crippen LogP contribution < -0.4 is 0 Å². The molecule has 0 aromatic carbocycles. The standard InChI is InChI=1S/C10H19NO5/c1-5-15-10(14)16-8(6-9(12)13)7-11(2,3)4/h8H,5-7H2,1-4H3/p+1. The summed E-state index contributed by atoms with van der Waals surface area (Å²) in [5.41, 5.74) is 0. The minimum Gasteiger partial charge on any atom is -0.481 e. The molecule has 0 aromatic rings. The fraction of sp³-hybridized carbons (Fsp3) is 0.800. The van der Waals surface area contributed by atoms with Crippen LogP contribution in [0.3, 0.4) is 0 Å². The van der Waals surface area contributed by atoms with Gasteiger partial charge >= 0.3 is 12.1 Å². The van der Waals surface area contributed by atoms with Crippen LogP contribution in [0.4, 0.5) is 4.79 Å². The highest BCUT2D eigenvalue weighted by Crippen LogP contribution is 2.06. The third kappa shape index (κ3) is 8.05. The molecule has 0 aliphatic heterocycles. The predicted octanol–water partition coefficient (Wildman–Crippen LogP) is 0.709. The minimum absolute atomic E-state index is 0.211. The van der Waals surface area contributed by atoms with Crippen LogP contribution in [0.1, 0.15) is 13.3 Å². The number of quaternary nitrogens is 1. The van der Waals surface area contributed by atoms with E-state index in [0.717, 1.165) is 0 Å². The molecule has 0 saturated heterocycles. The average molecular weight is 234 g/mol. The van der Waals surface area contributed by atoms with Gasteiger partial charge in [-0.25, -0.2) is 4.79 Å². The number of rotatable bonds is 6. The van der Waals surface area contributed by atoms with Crippen molar-refractivity contribution in [2.45, 2.75) is 19.4 Å². The third-order valence-electron chi connectivity index (χ3n) is 1.68. The van der Waals surface area contributed by atoms with Gasteiger partial charge in [0.15, 0.2) is 6.10 Å². The molecule has 0 rings (SSSR count). The van der Waals surface area contributed by atoms with E-state index in [4.69, 9.17) is 9.84 Å². The topological polar surface area (TPSA) is 72.8 Å². The first kappa shape index (κ1) is 14.7. The first-order valence-corrected chi connectivity index (χ1v) is 5.10. The molecule has 1 unspecified atom stereocenters. The van der Waals surface area contributed by atoms with Crippen molar-refractivity contribution in [3.05, 3.63) is 0 Å². The van der Waals surface area contributed by atoms with Crippen LogP contribution in [-0.4, -0.2) is 62.1 Å². The van der Waals surface area contributed by atoms with Gasteiger partial charge in [-0.05, 0) is 6.92 Å². The molecule has 6 nitrogen and oxygen atoms in total. The Morgan fingerprint density at radius 1 is 1.31 bits per heavy atom. The molecule has 0 amide bonds. The number of carbonyl (C=O) groups is 2. The fourth-order valence-corrected chi connectivity index (χ4v) is 1.24. The van der Waals surface area contributed by atoms with Crippen LogP contribution in [-0.2, 0) is 14.3 Å². The molecule has 0 saturated carbocycles. The first-order chi connectivity index (χ1) is 7.24. The fourth-order valence-electron chi connectivity index (χ4n) is 1.24. The van der Waals surface area contributed by atoms with Gasteiger partial charge in [0.25, 0.3) is 0 Å². The lowest BCUT2D eigenvalue weighted by atomic mass is 10.2. The van der Waals surface area contributed by atoms with Gasteiger partial charge in [0, 0.05) is 0 Å². The SMILES string of the molecule is CCOC(=O)OC(CC(=O)O)C[N+](C)(C)C. The predicted molar refractivity (Wildman–Crippen MR) is 57.0 cm³/mol. The quantitative estimate of drug-likeness (QED) is 0.541. The Morgan fingerprint density at radius 2 is 1.88 bits per heavy atom. The van der Waals surface area contributed by atoms with Crippen LogP contribution in [0.15, 0.2) is 0 Å². The normalized spacial score (nSPS) is 13.0. The Labute approximate surface area is 95.3 Å². The molecule has 0 radical (unpaired) electrons. The summed E-state index contributed by atoms with van der Waals surface area (Å²) in [5.74, 6) is -0.997. The maximum absolute atomic E-state index is 11.1. The number of carboxylic acid groups (broad SMARTS) is 1. The summed E-state index contributed by atoms with van der Waals surface area (Å²) in [6, 6.07) is 0. The van der Waals surface area contributed by atoms with Crippen LogP contribution in [0.2, 0.25) is 0 Å². The first-order valence-electron chi connectivity index (χ1n) is 5.10. The Kier molecular flexibility index (Phi) is 5.81. The number of hydrogen-bond acceptors (Lipinski definition) is 4. The van der Waals surface area contributed by atoms with E-state index in [1.165, 1.54) is 0 Å². The van der Waals surface area contributed by atoms with Crippen molar-refractivity contribution in [3.63, 3.8) is 0 Å². The minimum atomic E-state index is -0.997. The largest absolute Gasteiger partial charge is 0.508 e. The molecule has 16 heavy (non-hydrogen) atoms. The van der Waals surface area contributed by atoms with Crippen molar-refractivity contribution >= 4 is 12.1 Å². The number of ether oxygens (including phenoxy) is 2. The second-order valence-corrected chi connectivity index (χ2v) is 4.49. The van der Waals surface area contributed by atoms with E-state index in [9.17, 15) is 9.59 Å². The van der Waals surface area contributed by atoms with Crippen molar-refractivity contribution in [1.82, 2.24) is 0 Å². The summed E-state index contributed by atoms with van der Waals surface area (Å²) in [6.07, 6.45) is -1.70. The Morgan fingerprint density at radius 3 is 2.25 bits per heavy atom. The van der Waals surface area contributed by atoms with Gasteiger partial charge in [-0.2, -0.15) is 0 Å². The van der Waals surface area contributed by atoms with Crippen LogP contribution in [0.5, 0.6) is 0 Å². The highest BCUT2D eigenvalue weighted by atomic mass is 16.7. The van der Waals surface area contributed by atoms with Crippen molar-refractivity contribution in [1.29, 1.82) is 0 Å². The molecular weight excluding hydrogens is 214 g/mol. The van der Waals surface area contributed by atoms with Crippen molar-refractivity contribution < 1.29 is 28.7 Å². The van der Waals surface area contributed by atoms with E-state index >= 15 is 0 Å². The van der Waals surface area contributed by atoms with E-state index < -0.39 is 18.2 Å². The molecule has 0 aliphatic carbocycles. The smallest absolute Gasteiger partial charge is 0.481 e. The lowest BCUT2D eigenvalue weighted by Gasteiger charge is -2.28. The third-order valence-corrected chi connectivity index (χ3v) is 1.68. The summed E-state index contributed by atoms with van der Waals surface area (Å²) in [7, 11) is 5.68. The lowest BCUT2D eigenvalue weighted by molar-refractivity contribution is -0.873. The molecule has 0 bridgehead atoms. The zero-order chi connectivity index (χ0) is 12.8. The highest BCUT2D eigenvalue weighted by Gasteiger charge is 2.25. The Balaban J connectivity index is 4.31. The monoisotopic (exact) mass is 234 g/mol. The number of carboxylic acids is 1. The Hall–Kier alpha value is -1.30. The number of hydrogen-bond donors (Lipinski definition) is 1. The molecule has 94 valence electrons. The van der Waals surface area contributed by atoms with Gasteiger partial charge in [-0.3, -0.25) is 4.79 Å². The van der Waals surface area contributed by atoms with E-state index in [0.29, 0.717) is 11.0 Å². The second-order valence-electron chi connectivity index (χ2n) is 4.49. The number of aliphatic carboxylic acids is 1. The van der Waals surface area contributed by atoms with Gasteiger partial charge in [-0.15, -0.1) is 0 Å². The van der Waals surface area contributed by atoms with E-state index in [2.05, 4.69) is 4.74 Å². The molecule has 0 heterocycles. The van der Waals surface area contributed by atoms with E-state index in [1.807, 2.05) is 21.1 Å². The zero-order valence-electron chi connectivity index (χ0n) is 10.2. The van der Waals surface area contributed by atoms with Gasteiger partial charge in [-0.1, -0.05) is 0 Å². The average Bonchev–Trinajstić information content (AvgIpc) is 1.98. The van der Waals surface area contributed by atoms with Crippen LogP contribution in [0, 0.1) is 0 Å². The van der Waals surface area contributed by atoms with Gasteiger partial charge in [0.05, 0.1) is 34.2 Å². The number of nitrogens with zero attached hydrogens (tertiary/aromatic N) is 1. The maximum atomic E-state index is 11.1. The summed E-state index contributed by atoms with van der Waals surface area (Å²) in [5, 5.41) is 8.68. The summed E-state index contributed by atoms with van der Waals surface area (Å²) < 4.78 is 10.0. The van der Waals surface area contributed by atoms with Crippen molar-refractivity contribution in [2.75, 3.05) is 34.3 Å². The number of likely N-dealkylation sites (N-methyl/N-ethyl adjacent to an activating group) is 1. The lowest BCUT2D eigenvalue weighted by Crippen LogP contribution is -2.43. The second kappa shape index (κ2) is 6.32. The highest BCUT2D eigenvalue weighted by molar-refractivity contribution is 5.68. The molecule has 0 aliphatic rings. The van der Waals surface area contributed by atoms with E-state index in [1.54, 1.807) is 6.92 Å². The zero-order valence-corrected chi connectivity index (χ0v) is 10.2. The molecule has 6 heteroatoms. The van der Waals surface area contributed by atoms with Crippen molar-refractivity contribution in [2.24, 2.45) is 0 Å². The van der Waals surface area contributed by atoms with Gasteiger partial charge in [0.1, 0.15) is 6.54 Å². The molecule has 1 atom stereocenters. The Bertz CT molecular complexity index is 246. The molecule has 0 spiro atoms. The van der Waals surface area contributed by atoms with E-state index in [-0.39, 0.29) is 13.0 Å².